The highest BCUT2D eigenvalue weighted by atomic mass is 32.1. The third-order valence-electron chi connectivity index (χ3n) is 3.82. The number of hydrogen-bond acceptors (Lipinski definition) is 4. The summed E-state index contributed by atoms with van der Waals surface area (Å²) >= 11 is 1.75. The Hall–Kier alpha value is -1.42. The van der Waals surface area contributed by atoms with Crippen LogP contribution in [-0.4, -0.2) is 23.1 Å². The molecule has 0 saturated carbocycles. The number of anilines is 1. The molecule has 0 N–H and O–H groups in total. The molecule has 0 amide bonds. The number of thiazole rings is 1. The minimum atomic E-state index is 0.471. The summed E-state index contributed by atoms with van der Waals surface area (Å²) in [5.41, 5.74) is 3.35. The molecular formula is C16H21N3S. The van der Waals surface area contributed by atoms with Gasteiger partial charge in [0, 0.05) is 24.7 Å². The number of hydrogen-bond donors (Lipinski definition) is 0. The Bertz CT molecular complexity index is 571. The smallest absolute Gasteiger partial charge is 0.185 e. The fourth-order valence-electron chi connectivity index (χ4n) is 2.70. The molecule has 0 bridgehead atoms. The van der Waals surface area contributed by atoms with E-state index >= 15 is 0 Å². The largest absolute Gasteiger partial charge is 0.348 e. The molecule has 3 nitrogen and oxygen atoms in total. The van der Waals surface area contributed by atoms with E-state index in [4.69, 9.17) is 4.98 Å². The van der Waals surface area contributed by atoms with E-state index < -0.39 is 0 Å². The normalized spacial score (nSPS) is 15.8. The van der Waals surface area contributed by atoms with Crippen molar-refractivity contribution in [1.29, 1.82) is 0 Å². The van der Waals surface area contributed by atoms with Gasteiger partial charge in [0.2, 0.25) is 0 Å². The maximum Gasteiger partial charge on any atom is 0.185 e. The second-order valence-corrected chi connectivity index (χ2v) is 6.50. The van der Waals surface area contributed by atoms with Crippen LogP contribution in [0.15, 0.2) is 23.7 Å². The Morgan fingerprint density at radius 2 is 2.00 bits per heavy atom. The van der Waals surface area contributed by atoms with Crippen LogP contribution in [0.3, 0.4) is 0 Å². The Kier molecular flexibility index (Phi) is 4.01. The number of nitrogens with zero attached hydrogens (tertiary/aromatic N) is 3. The van der Waals surface area contributed by atoms with Crippen molar-refractivity contribution < 1.29 is 0 Å². The van der Waals surface area contributed by atoms with E-state index in [0.29, 0.717) is 5.92 Å². The zero-order valence-electron chi connectivity index (χ0n) is 12.2. The van der Waals surface area contributed by atoms with Crippen LogP contribution in [0.4, 0.5) is 5.13 Å². The van der Waals surface area contributed by atoms with Crippen LogP contribution in [0.25, 0.3) is 11.4 Å². The lowest BCUT2D eigenvalue weighted by molar-refractivity contribution is 0.577. The van der Waals surface area contributed by atoms with Gasteiger partial charge < -0.3 is 4.90 Å². The fourth-order valence-corrected chi connectivity index (χ4v) is 3.57. The minimum absolute atomic E-state index is 0.471. The molecule has 4 heteroatoms. The van der Waals surface area contributed by atoms with Gasteiger partial charge in [-0.3, -0.25) is 4.98 Å². The quantitative estimate of drug-likeness (QED) is 0.842. The highest BCUT2D eigenvalue weighted by Crippen LogP contribution is 2.31. The number of aromatic nitrogens is 2. The van der Waals surface area contributed by atoms with Crippen molar-refractivity contribution in [3.05, 3.63) is 29.3 Å². The molecule has 0 unspecified atom stereocenters. The van der Waals surface area contributed by atoms with Crippen molar-refractivity contribution in [2.24, 2.45) is 0 Å². The average Bonchev–Trinajstić information content (AvgIpc) is 2.98. The molecule has 0 atom stereocenters. The van der Waals surface area contributed by atoms with Gasteiger partial charge in [-0.05, 0) is 36.8 Å². The van der Waals surface area contributed by atoms with Gasteiger partial charge in [0.15, 0.2) is 5.13 Å². The maximum atomic E-state index is 4.83. The third kappa shape index (κ3) is 2.70. The average molecular weight is 287 g/mol. The first-order valence-corrected chi connectivity index (χ1v) is 8.29. The van der Waals surface area contributed by atoms with Gasteiger partial charge in [0.1, 0.15) is 5.69 Å². The van der Waals surface area contributed by atoms with Crippen LogP contribution in [0.1, 0.15) is 44.6 Å². The molecule has 0 spiro atoms. The Morgan fingerprint density at radius 3 is 2.75 bits per heavy atom. The van der Waals surface area contributed by atoms with Crippen LogP contribution < -0.4 is 4.90 Å². The second-order valence-electron chi connectivity index (χ2n) is 5.66. The van der Waals surface area contributed by atoms with Crippen LogP contribution in [0, 0.1) is 0 Å². The molecule has 1 aliphatic heterocycles. The summed E-state index contributed by atoms with van der Waals surface area (Å²) in [6.45, 7) is 6.70. The van der Waals surface area contributed by atoms with Crippen molar-refractivity contribution in [3.8, 4) is 11.4 Å². The highest BCUT2D eigenvalue weighted by molar-refractivity contribution is 7.14. The maximum absolute atomic E-state index is 4.83. The van der Waals surface area contributed by atoms with E-state index in [1.807, 2.05) is 12.3 Å². The van der Waals surface area contributed by atoms with Gasteiger partial charge >= 0.3 is 0 Å². The lowest BCUT2D eigenvalue weighted by Gasteiger charge is -2.25. The van der Waals surface area contributed by atoms with E-state index in [1.165, 1.54) is 24.8 Å². The monoisotopic (exact) mass is 287 g/mol. The van der Waals surface area contributed by atoms with Gasteiger partial charge in [0.05, 0.1) is 5.69 Å². The molecule has 106 valence electrons. The van der Waals surface area contributed by atoms with Crippen molar-refractivity contribution in [2.75, 3.05) is 18.0 Å². The molecule has 1 saturated heterocycles. The van der Waals surface area contributed by atoms with Crippen molar-refractivity contribution in [1.82, 2.24) is 9.97 Å². The van der Waals surface area contributed by atoms with Crippen LogP contribution in [-0.2, 0) is 0 Å². The Morgan fingerprint density at radius 1 is 1.20 bits per heavy atom. The molecule has 0 aromatic carbocycles. The van der Waals surface area contributed by atoms with E-state index in [1.54, 1.807) is 11.3 Å². The SMILES string of the molecule is CC(C)c1cccnc1-c1csc(N2CCCCC2)n1. The lowest BCUT2D eigenvalue weighted by atomic mass is 10.0. The molecule has 2 aromatic rings. The third-order valence-corrected chi connectivity index (χ3v) is 4.72. The zero-order chi connectivity index (χ0) is 13.9. The summed E-state index contributed by atoms with van der Waals surface area (Å²) in [7, 11) is 0. The van der Waals surface area contributed by atoms with Crippen LogP contribution in [0.5, 0.6) is 0 Å². The van der Waals surface area contributed by atoms with Gasteiger partial charge in [-0.1, -0.05) is 19.9 Å². The van der Waals surface area contributed by atoms with Crippen LogP contribution in [0.2, 0.25) is 0 Å². The summed E-state index contributed by atoms with van der Waals surface area (Å²) in [5, 5.41) is 3.30. The number of pyridine rings is 1. The second kappa shape index (κ2) is 5.92. The topological polar surface area (TPSA) is 29.0 Å². The molecule has 3 rings (SSSR count). The molecule has 1 fully saturated rings. The predicted molar refractivity (Wildman–Crippen MR) is 85.5 cm³/mol. The summed E-state index contributed by atoms with van der Waals surface area (Å²) in [5.74, 6) is 0.471. The van der Waals surface area contributed by atoms with Gasteiger partial charge in [0.25, 0.3) is 0 Å². The summed E-state index contributed by atoms with van der Waals surface area (Å²) in [4.78, 5) is 11.8. The molecule has 0 radical (unpaired) electrons. The summed E-state index contributed by atoms with van der Waals surface area (Å²) in [6, 6.07) is 4.17. The summed E-state index contributed by atoms with van der Waals surface area (Å²) < 4.78 is 0. The van der Waals surface area contributed by atoms with E-state index in [2.05, 4.69) is 35.2 Å². The lowest BCUT2D eigenvalue weighted by Crippen LogP contribution is -2.29. The number of rotatable bonds is 3. The molecule has 20 heavy (non-hydrogen) atoms. The van der Waals surface area contributed by atoms with E-state index in [0.717, 1.165) is 29.6 Å². The van der Waals surface area contributed by atoms with Crippen molar-refractivity contribution in [3.63, 3.8) is 0 Å². The van der Waals surface area contributed by atoms with E-state index in [-0.39, 0.29) is 0 Å². The minimum Gasteiger partial charge on any atom is -0.348 e. The first kappa shape index (κ1) is 13.6. The van der Waals surface area contributed by atoms with E-state index in [9.17, 15) is 0 Å². The standard InChI is InChI=1S/C16H21N3S/c1-12(2)13-7-6-8-17-15(13)14-11-20-16(18-14)19-9-4-3-5-10-19/h6-8,11-12H,3-5,9-10H2,1-2H3. The Labute approximate surface area is 124 Å². The predicted octanol–water partition coefficient (Wildman–Crippen LogP) is 4.32. The summed E-state index contributed by atoms with van der Waals surface area (Å²) in [6.07, 6.45) is 5.79. The highest BCUT2D eigenvalue weighted by Gasteiger charge is 2.17. The van der Waals surface area contributed by atoms with Crippen molar-refractivity contribution in [2.45, 2.75) is 39.0 Å². The molecule has 2 aromatic heterocycles. The fraction of sp³-hybridized carbons (Fsp3) is 0.500. The molecule has 1 aliphatic rings. The zero-order valence-corrected chi connectivity index (χ0v) is 13.0. The number of piperidine rings is 1. The Balaban J connectivity index is 1.90. The first-order chi connectivity index (χ1) is 9.75. The van der Waals surface area contributed by atoms with Gasteiger partial charge in [-0.15, -0.1) is 11.3 Å². The van der Waals surface area contributed by atoms with Crippen molar-refractivity contribution >= 4 is 16.5 Å². The molecular weight excluding hydrogens is 266 g/mol. The molecule has 0 aliphatic carbocycles. The van der Waals surface area contributed by atoms with Gasteiger partial charge in [-0.2, -0.15) is 0 Å². The van der Waals surface area contributed by atoms with Crippen LogP contribution >= 0.6 is 11.3 Å². The molecule has 3 heterocycles. The first-order valence-electron chi connectivity index (χ1n) is 7.41. The van der Waals surface area contributed by atoms with Gasteiger partial charge in [-0.25, -0.2) is 4.98 Å².